The van der Waals surface area contributed by atoms with Crippen LogP contribution in [0.15, 0.2) is 48.9 Å². The Balaban J connectivity index is 1.60. The quantitative estimate of drug-likeness (QED) is 0.591. The van der Waals surface area contributed by atoms with Crippen molar-refractivity contribution in [3.05, 3.63) is 60.2 Å². The highest BCUT2D eigenvalue weighted by Crippen LogP contribution is 2.29. The van der Waals surface area contributed by atoms with E-state index in [1.165, 1.54) is 0 Å². The normalized spacial score (nSPS) is 13.8. The van der Waals surface area contributed by atoms with Crippen molar-refractivity contribution >= 4 is 17.3 Å². The first-order valence-electron chi connectivity index (χ1n) is 8.39. The minimum atomic E-state index is 0.326. The zero-order chi connectivity index (χ0) is 17.5. The Morgan fingerprint density at radius 1 is 1.12 bits per heavy atom. The lowest BCUT2D eigenvalue weighted by molar-refractivity contribution is 0.705. The third-order valence-electron chi connectivity index (χ3n) is 4.61. The molecule has 0 unspecified atom stereocenters. The number of aromatic nitrogens is 6. The molecule has 1 aromatic carbocycles. The molecular weight excluding hydrogens is 328 g/mol. The van der Waals surface area contributed by atoms with Crippen LogP contribution in [0.3, 0.4) is 0 Å². The van der Waals surface area contributed by atoms with Crippen molar-refractivity contribution in [2.24, 2.45) is 0 Å². The van der Waals surface area contributed by atoms with Crippen molar-refractivity contribution < 1.29 is 0 Å². The van der Waals surface area contributed by atoms with Gasteiger partial charge in [0, 0.05) is 36.8 Å². The molecule has 0 bridgehead atoms. The number of hydrogen-bond donors (Lipinski definition) is 1. The van der Waals surface area contributed by atoms with E-state index in [1.54, 1.807) is 10.8 Å². The van der Waals surface area contributed by atoms with Gasteiger partial charge in [-0.05, 0) is 6.07 Å². The minimum Gasteiger partial charge on any atom is -0.368 e. The maximum atomic E-state index is 5.71. The first kappa shape index (κ1) is 14.8. The SMILES string of the molecule is Nc1ncc2c(n1)CCN(c1cc(-c3ccccc3)nn3cnnc13)C2. The van der Waals surface area contributed by atoms with E-state index in [0.717, 1.165) is 46.8 Å². The molecule has 8 nitrogen and oxygen atoms in total. The van der Waals surface area contributed by atoms with Gasteiger partial charge in [-0.1, -0.05) is 30.3 Å². The van der Waals surface area contributed by atoms with E-state index in [4.69, 9.17) is 5.73 Å². The van der Waals surface area contributed by atoms with Gasteiger partial charge in [-0.25, -0.2) is 9.97 Å². The van der Waals surface area contributed by atoms with Crippen molar-refractivity contribution in [2.45, 2.75) is 13.0 Å². The zero-order valence-corrected chi connectivity index (χ0v) is 13.9. The topological polar surface area (TPSA) is 98.1 Å². The number of anilines is 2. The summed E-state index contributed by atoms with van der Waals surface area (Å²) in [4.78, 5) is 10.8. The second kappa shape index (κ2) is 5.76. The highest BCUT2D eigenvalue weighted by molar-refractivity contribution is 5.74. The zero-order valence-electron chi connectivity index (χ0n) is 13.9. The Hall–Kier alpha value is -3.55. The van der Waals surface area contributed by atoms with Crippen LogP contribution in [0.1, 0.15) is 11.3 Å². The summed E-state index contributed by atoms with van der Waals surface area (Å²) in [5, 5.41) is 12.9. The number of fused-ring (bicyclic) bond motifs is 2. The van der Waals surface area contributed by atoms with E-state index < -0.39 is 0 Å². The van der Waals surface area contributed by atoms with Gasteiger partial charge in [0.2, 0.25) is 11.6 Å². The average Bonchev–Trinajstić information content (AvgIpc) is 3.16. The van der Waals surface area contributed by atoms with Gasteiger partial charge in [-0.2, -0.15) is 9.61 Å². The van der Waals surface area contributed by atoms with Crippen LogP contribution < -0.4 is 10.6 Å². The van der Waals surface area contributed by atoms with Crippen molar-refractivity contribution in [1.82, 2.24) is 29.8 Å². The molecule has 0 atom stereocenters. The van der Waals surface area contributed by atoms with Crippen molar-refractivity contribution in [3.8, 4) is 11.3 Å². The van der Waals surface area contributed by atoms with Gasteiger partial charge < -0.3 is 10.6 Å². The van der Waals surface area contributed by atoms with Crippen LogP contribution >= 0.6 is 0 Å². The molecule has 5 rings (SSSR count). The van der Waals surface area contributed by atoms with Crippen LogP contribution in [0.2, 0.25) is 0 Å². The molecule has 0 aliphatic carbocycles. The number of rotatable bonds is 2. The van der Waals surface area contributed by atoms with Crippen molar-refractivity contribution in [1.29, 1.82) is 0 Å². The van der Waals surface area contributed by atoms with Crippen LogP contribution in [0.4, 0.5) is 11.6 Å². The smallest absolute Gasteiger partial charge is 0.220 e. The average molecular weight is 344 g/mol. The maximum Gasteiger partial charge on any atom is 0.220 e. The van der Waals surface area contributed by atoms with Gasteiger partial charge in [-0.3, -0.25) is 0 Å². The van der Waals surface area contributed by atoms with E-state index in [2.05, 4.69) is 36.2 Å². The predicted molar refractivity (Wildman–Crippen MR) is 97.4 cm³/mol. The third kappa shape index (κ3) is 2.43. The number of nitrogens with zero attached hydrogens (tertiary/aromatic N) is 7. The van der Waals surface area contributed by atoms with Gasteiger partial charge >= 0.3 is 0 Å². The number of hydrogen-bond acceptors (Lipinski definition) is 7. The minimum absolute atomic E-state index is 0.326. The van der Waals surface area contributed by atoms with Crippen LogP contribution in [0.25, 0.3) is 16.9 Å². The monoisotopic (exact) mass is 344 g/mol. The van der Waals surface area contributed by atoms with Gasteiger partial charge in [0.25, 0.3) is 0 Å². The lowest BCUT2D eigenvalue weighted by Gasteiger charge is -2.30. The summed E-state index contributed by atoms with van der Waals surface area (Å²) < 4.78 is 1.73. The fourth-order valence-electron chi connectivity index (χ4n) is 3.33. The fourth-order valence-corrected chi connectivity index (χ4v) is 3.33. The Morgan fingerprint density at radius 2 is 2.00 bits per heavy atom. The standard InChI is InChI=1S/C18H16N8/c19-18-20-9-13-10-25(7-6-14(13)22-18)16-8-15(12-4-2-1-3-5-12)24-26-11-21-23-17(16)26/h1-5,8-9,11H,6-7,10H2,(H2,19,20,22). The summed E-state index contributed by atoms with van der Waals surface area (Å²) in [6.45, 7) is 1.53. The Morgan fingerprint density at radius 3 is 2.88 bits per heavy atom. The number of nitrogens with two attached hydrogens (primary N) is 1. The molecule has 4 aromatic rings. The molecule has 1 aliphatic rings. The molecule has 0 radical (unpaired) electrons. The van der Waals surface area contributed by atoms with Gasteiger partial charge in [0.05, 0.1) is 17.1 Å². The molecule has 0 saturated heterocycles. The van der Waals surface area contributed by atoms with Gasteiger partial charge in [0.15, 0.2) is 0 Å². The van der Waals surface area contributed by atoms with Gasteiger partial charge in [0.1, 0.15) is 6.33 Å². The van der Waals surface area contributed by atoms with Crippen LogP contribution in [-0.4, -0.2) is 36.3 Å². The lowest BCUT2D eigenvalue weighted by Crippen LogP contribution is -2.32. The van der Waals surface area contributed by atoms with Crippen molar-refractivity contribution in [3.63, 3.8) is 0 Å². The molecule has 0 spiro atoms. The maximum absolute atomic E-state index is 5.71. The molecule has 0 saturated carbocycles. The van der Waals surface area contributed by atoms with Gasteiger partial charge in [-0.15, -0.1) is 10.2 Å². The van der Waals surface area contributed by atoms with E-state index in [9.17, 15) is 0 Å². The van der Waals surface area contributed by atoms with E-state index in [1.807, 2.05) is 36.5 Å². The molecule has 1 aliphatic heterocycles. The number of nitrogen functional groups attached to an aromatic ring is 1. The van der Waals surface area contributed by atoms with Crippen LogP contribution in [-0.2, 0) is 13.0 Å². The summed E-state index contributed by atoms with van der Waals surface area (Å²) in [6, 6.07) is 12.2. The van der Waals surface area contributed by atoms with E-state index in [0.29, 0.717) is 12.5 Å². The molecule has 4 heterocycles. The first-order chi connectivity index (χ1) is 12.8. The highest BCUT2D eigenvalue weighted by Gasteiger charge is 2.22. The molecular formula is C18H16N8. The third-order valence-corrected chi connectivity index (χ3v) is 4.61. The van der Waals surface area contributed by atoms with Crippen molar-refractivity contribution in [2.75, 3.05) is 17.2 Å². The van der Waals surface area contributed by atoms with E-state index in [-0.39, 0.29) is 0 Å². The highest BCUT2D eigenvalue weighted by atomic mass is 15.4. The Bertz CT molecular complexity index is 1090. The first-order valence-corrected chi connectivity index (χ1v) is 8.39. The Labute approximate surface area is 149 Å². The summed E-state index contributed by atoms with van der Waals surface area (Å²) >= 11 is 0. The van der Waals surface area contributed by atoms with Crippen LogP contribution in [0.5, 0.6) is 0 Å². The van der Waals surface area contributed by atoms with Crippen LogP contribution in [0, 0.1) is 0 Å². The second-order valence-corrected chi connectivity index (χ2v) is 6.25. The molecule has 26 heavy (non-hydrogen) atoms. The summed E-state index contributed by atoms with van der Waals surface area (Å²) in [6.07, 6.45) is 4.25. The largest absolute Gasteiger partial charge is 0.368 e. The summed E-state index contributed by atoms with van der Waals surface area (Å²) in [5.41, 5.74) is 11.5. The molecule has 128 valence electrons. The Kier molecular flexibility index (Phi) is 3.27. The molecule has 0 amide bonds. The molecule has 8 heteroatoms. The molecule has 2 N–H and O–H groups in total. The fraction of sp³-hybridized carbons (Fsp3) is 0.167. The predicted octanol–water partition coefficient (Wildman–Crippen LogP) is 1.73. The van der Waals surface area contributed by atoms with E-state index >= 15 is 0 Å². The number of benzene rings is 1. The molecule has 0 fully saturated rings. The molecule has 3 aromatic heterocycles. The summed E-state index contributed by atoms with van der Waals surface area (Å²) in [7, 11) is 0. The summed E-state index contributed by atoms with van der Waals surface area (Å²) in [5.74, 6) is 0.326. The lowest BCUT2D eigenvalue weighted by atomic mass is 10.1. The second-order valence-electron chi connectivity index (χ2n) is 6.25.